The molecule has 0 saturated carbocycles. The van der Waals surface area contributed by atoms with Crippen LogP contribution in [0.25, 0.3) is 10.2 Å². The lowest BCUT2D eigenvalue weighted by atomic mass is 9.97. The van der Waals surface area contributed by atoms with Gasteiger partial charge in [-0.3, -0.25) is 4.79 Å². The van der Waals surface area contributed by atoms with Gasteiger partial charge in [-0.15, -0.1) is 11.3 Å². The fraction of sp³-hybridized carbons (Fsp3) is 0.278. The van der Waals surface area contributed by atoms with E-state index in [4.69, 9.17) is 4.74 Å². The number of ether oxygens (including phenoxy) is 1. The third kappa shape index (κ3) is 3.02. The molecule has 0 radical (unpaired) electrons. The summed E-state index contributed by atoms with van der Waals surface area (Å²) in [5.41, 5.74) is 1.29. The van der Waals surface area contributed by atoms with E-state index in [0.717, 1.165) is 31.2 Å². The third-order valence-electron chi connectivity index (χ3n) is 4.32. The Labute approximate surface area is 147 Å². The van der Waals surface area contributed by atoms with E-state index in [-0.39, 0.29) is 17.9 Å². The number of phenols is 1. The lowest BCUT2D eigenvalue weighted by molar-refractivity contribution is 0.0462. The highest BCUT2D eigenvalue weighted by Gasteiger charge is 2.20. The summed E-state index contributed by atoms with van der Waals surface area (Å²) in [7, 11) is 0. The minimum absolute atomic E-state index is 0.0784. The van der Waals surface area contributed by atoms with Gasteiger partial charge in [-0.25, -0.2) is 9.78 Å². The number of benzene rings is 1. The summed E-state index contributed by atoms with van der Waals surface area (Å²) in [4.78, 5) is 33.6. The fourth-order valence-electron chi connectivity index (χ4n) is 3.09. The zero-order valence-corrected chi connectivity index (χ0v) is 14.2. The van der Waals surface area contributed by atoms with E-state index in [9.17, 15) is 14.7 Å². The van der Waals surface area contributed by atoms with Crippen LogP contribution in [0.15, 0.2) is 29.1 Å². The number of aromatic amines is 1. The van der Waals surface area contributed by atoms with Crippen LogP contribution >= 0.6 is 11.3 Å². The van der Waals surface area contributed by atoms with Crippen molar-refractivity contribution in [2.45, 2.75) is 32.3 Å². The Morgan fingerprint density at radius 1 is 1.24 bits per heavy atom. The number of fused-ring (bicyclic) bond motifs is 3. The number of hydrogen-bond acceptors (Lipinski definition) is 6. The van der Waals surface area contributed by atoms with Gasteiger partial charge >= 0.3 is 5.97 Å². The first kappa shape index (κ1) is 15.8. The summed E-state index contributed by atoms with van der Waals surface area (Å²) in [5, 5.41) is 9.93. The van der Waals surface area contributed by atoms with Crippen molar-refractivity contribution in [2.24, 2.45) is 0 Å². The number of aryl methyl sites for hydroxylation is 2. The van der Waals surface area contributed by atoms with Crippen molar-refractivity contribution in [1.29, 1.82) is 0 Å². The number of H-pyrrole nitrogens is 1. The molecular formula is C18H16N2O4S. The van der Waals surface area contributed by atoms with Crippen molar-refractivity contribution in [2.75, 3.05) is 0 Å². The molecule has 0 fully saturated rings. The molecule has 4 rings (SSSR count). The van der Waals surface area contributed by atoms with Crippen molar-refractivity contribution >= 4 is 27.5 Å². The standard InChI is InChI=1S/C18H16N2O4S/c21-11-7-5-10(6-8-11)18(23)24-9-14-19-16(22)15-12-3-1-2-4-13(12)25-17(15)20-14/h5-8,21H,1-4,9H2,(H,19,20,22). The molecular weight excluding hydrogens is 340 g/mol. The van der Waals surface area contributed by atoms with E-state index >= 15 is 0 Å². The molecule has 0 unspecified atom stereocenters. The van der Waals surface area contributed by atoms with Gasteiger partial charge in [0.25, 0.3) is 5.56 Å². The average molecular weight is 356 g/mol. The molecule has 3 aromatic rings. The number of aromatic hydroxyl groups is 1. The molecule has 128 valence electrons. The van der Waals surface area contributed by atoms with Crippen LogP contribution in [0.3, 0.4) is 0 Å². The lowest BCUT2D eigenvalue weighted by Crippen LogP contribution is -2.15. The summed E-state index contributed by atoms with van der Waals surface area (Å²) in [5.74, 6) is -0.119. The highest BCUT2D eigenvalue weighted by molar-refractivity contribution is 7.18. The number of carbonyl (C=O) groups is 1. The van der Waals surface area contributed by atoms with E-state index in [1.54, 1.807) is 11.3 Å². The summed E-state index contributed by atoms with van der Waals surface area (Å²) < 4.78 is 5.21. The quantitative estimate of drug-likeness (QED) is 0.704. The summed E-state index contributed by atoms with van der Waals surface area (Å²) >= 11 is 1.56. The summed E-state index contributed by atoms with van der Waals surface area (Å²) in [6.07, 6.45) is 4.18. The molecule has 25 heavy (non-hydrogen) atoms. The van der Waals surface area contributed by atoms with Crippen LogP contribution in [0.4, 0.5) is 0 Å². The van der Waals surface area contributed by atoms with Gasteiger partial charge in [0.05, 0.1) is 10.9 Å². The molecule has 1 aliphatic carbocycles. The van der Waals surface area contributed by atoms with Crippen LogP contribution in [-0.4, -0.2) is 21.0 Å². The van der Waals surface area contributed by atoms with Gasteiger partial charge in [0.2, 0.25) is 0 Å². The Morgan fingerprint density at radius 2 is 2.00 bits per heavy atom. The first-order chi connectivity index (χ1) is 12.1. The number of phenolic OH excluding ortho intramolecular Hbond substituents is 1. The van der Waals surface area contributed by atoms with Gasteiger partial charge in [-0.1, -0.05) is 0 Å². The van der Waals surface area contributed by atoms with Gasteiger partial charge in [0.1, 0.15) is 23.0 Å². The van der Waals surface area contributed by atoms with Crippen LogP contribution in [0.2, 0.25) is 0 Å². The molecule has 7 heteroatoms. The van der Waals surface area contributed by atoms with Crippen molar-refractivity contribution in [3.8, 4) is 5.75 Å². The molecule has 0 aliphatic heterocycles. The average Bonchev–Trinajstić information content (AvgIpc) is 2.99. The second-order valence-electron chi connectivity index (χ2n) is 6.03. The zero-order chi connectivity index (χ0) is 17.4. The number of hydrogen-bond donors (Lipinski definition) is 2. The summed E-state index contributed by atoms with van der Waals surface area (Å²) in [6, 6.07) is 5.78. The maximum atomic E-state index is 12.4. The van der Waals surface area contributed by atoms with E-state index in [0.29, 0.717) is 21.6 Å². The molecule has 1 aliphatic rings. The highest BCUT2D eigenvalue weighted by atomic mass is 32.1. The van der Waals surface area contributed by atoms with Gasteiger partial charge in [-0.2, -0.15) is 0 Å². The topological polar surface area (TPSA) is 92.3 Å². The molecule has 2 aromatic heterocycles. The zero-order valence-electron chi connectivity index (χ0n) is 13.4. The lowest BCUT2D eigenvalue weighted by Gasteiger charge is -2.09. The predicted octanol–water partition coefficient (Wildman–Crippen LogP) is 2.93. The molecule has 2 heterocycles. The van der Waals surface area contributed by atoms with E-state index in [1.165, 1.54) is 29.1 Å². The maximum absolute atomic E-state index is 12.4. The monoisotopic (exact) mass is 356 g/mol. The fourth-order valence-corrected chi connectivity index (χ4v) is 4.37. The molecule has 0 bridgehead atoms. The second-order valence-corrected chi connectivity index (χ2v) is 7.11. The van der Waals surface area contributed by atoms with Crippen LogP contribution in [0.5, 0.6) is 5.75 Å². The molecule has 0 amide bonds. The number of nitrogens with zero attached hydrogens (tertiary/aromatic N) is 1. The molecule has 0 atom stereocenters. The minimum atomic E-state index is -0.534. The van der Waals surface area contributed by atoms with Crippen molar-refractivity contribution in [3.63, 3.8) is 0 Å². The van der Waals surface area contributed by atoms with Gasteiger partial charge in [0.15, 0.2) is 0 Å². The highest BCUT2D eigenvalue weighted by Crippen LogP contribution is 2.33. The largest absolute Gasteiger partial charge is 0.508 e. The first-order valence-electron chi connectivity index (χ1n) is 8.11. The SMILES string of the molecule is O=C(OCc1nc2sc3c(c2c(=O)[nH]1)CCCC3)c1ccc(O)cc1. The molecule has 2 N–H and O–H groups in total. The third-order valence-corrected chi connectivity index (χ3v) is 5.50. The number of rotatable bonds is 3. The molecule has 6 nitrogen and oxygen atoms in total. The van der Waals surface area contributed by atoms with E-state index in [1.807, 2.05) is 0 Å². The smallest absolute Gasteiger partial charge is 0.338 e. The number of thiophene rings is 1. The van der Waals surface area contributed by atoms with Gasteiger partial charge in [-0.05, 0) is 55.5 Å². The predicted molar refractivity (Wildman–Crippen MR) is 94.1 cm³/mol. The van der Waals surface area contributed by atoms with Gasteiger partial charge in [0, 0.05) is 4.88 Å². The Hall–Kier alpha value is -2.67. The van der Waals surface area contributed by atoms with Crippen LogP contribution in [0.1, 0.15) is 39.5 Å². The Kier molecular flexibility index (Phi) is 4.01. The molecule has 1 aromatic carbocycles. The van der Waals surface area contributed by atoms with Crippen molar-refractivity contribution in [1.82, 2.24) is 9.97 Å². The first-order valence-corrected chi connectivity index (χ1v) is 8.93. The van der Waals surface area contributed by atoms with Crippen LogP contribution < -0.4 is 5.56 Å². The Balaban J connectivity index is 1.57. The van der Waals surface area contributed by atoms with E-state index < -0.39 is 5.97 Å². The summed E-state index contributed by atoms with van der Waals surface area (Å²) in [6.45, 7) is -0.104. The number of esters is 1. The van der Waals surface area contributed by atoms with Crippen molar-refractivity contribution < 1.29 is 14.6 Å². The van der Waals surface area contributed by atoms with Crippen LogP contribution in [0, 0.1) is 0 Å². The number of aromatic nitrogens is 2. The minimum Gasteiger partial charge on any atom is -0.508 e. The number of nitrogens with one attached hydrogen (secondary N) is 1. The van der Waals surface area contributed by atoms with Crippen LogP contribution in [-0.2, 0) is 24.2 Å². The number of carbonyl (C=O) groups excluding carboxylic acids is 1. The Bertz CT molecular complexity index is 1000. The Morgan fingerprint density at radius 3 is 2.80 bits per heavy atom. The van der Waals surface area contributed by atoms with Gasteiger partial charge < -0.3 is 14.8 Å². The second kappa shape index (κ2) is 6.33. The molecule has 0 saturated heterocycles. The maximum Gasteiger partial charge on any atom is 0.338 e. The molecule has 0 spiro atoms. The van der Waals surface area contributed by atoms with E-state index in [2.05, 4.69) is 9.97 Å². The normalized spacial score (nSPS) is 13.6. The van der Waals surface area contributed by atoms with Crippen molar-refractivity contribution in [3.05, 3.63) is 56.4 Å².